The average Bonchev–Trinajstić information content (AvgIpc) is 2.62. The van der Waals surface area contributed by atoms with Gasteiger partial charge in [-0.2, -0.15) is 0 Å². The van der Waals surface area contributed by atoms with Crippen molar-refractivity contribution in [2.75, 3.05) is 7.11 Å². The average molecular weight is 238 g/mol. The Labute approximate surface area is 99.0 Å². The van der Waals surface area contributed by atoms with Crippen LogP contribution in [0.15, 0.2) is 28.7 Å². The van der Waals surface area contributed by atoms with Crippen LogP contribution in [-0.4, -0.2) is 12.1 Å². The third-order valence-corrected chi connectivity index (χ3v) is 2.51. The summed E-state index contributed by atoms with van der Waals surface area (Å²) in [5, 5.41) is 0.698. The molecule has 1 heterocycles. The lowest BCUT2D eigenvalue weighted by atomic mass is 10.2. The van der Waals surface area contributed by atoms with Gasteiger partial charge in [0.15, 0.2) is 5.76 Å². The summed E-state index contributed by atoms with van der Waals surface area (Å²) in [6.07, 6.45) is 0. The first-order valence-electron chi connectivity index (χ1n) is 4.92. The zero-order valence-corrected chi connectivity index (χ0v) is 9.91. The van der Waals surface area contributed by atoms with Crippen molar-refractivity contribution in [2.24, 2.45) is 0 Å². The fourth-order valence-electron chi connectivity index (χ4n) is 1.41. The van der Waals surface area contributed by atoms with Crippen molar-refractivity contribution >= 4 is 11.6 Å². The molecule has 4 heteroatoms. The van der Waals surface area contributed by atoms with Crippen molar-refractivity contribution in [2.45, 2.75) is 13.5 Å². The van der Waals surface area contributed by atoms with E-state index in [2.05, 4.69) is 4.98 Å². The minimum absolute atomic E-state index is 0.437. The molecule has 0 saturated carbocycles. The molecule has 84 valence electrons. The molecule has 2 rings (SSSR count). The van der Waals surface area contributed by atoms with Crippen LogP contribution in [0.3, 0.4) is 0 Å². The number of hydrogen-bond donors (Lipinski definition) is 0. The molecule has 0 N–H and O–H groups in total. The highest BCUT2D eigenvalue weighted by Crippen LogP contribution is 2.23. The van der Waals surface area contributed by atoms with E-state index in [1.807, 2.05) is 31.2 Å². The number of ether oxygens (including phenoxy) is 1. The molecule has 0 fully saturated rings. The molecule has 1 aromatic heterocycles. The van der Waals surface area contributed by atoms with Crippen LogP contribution >= 0.6 is 11.6 Å². The van der Waals surface area contributed by atoms with E-state index in [0.717, 1.165) is 17.0 Å². The second kappa shape index (κ2) is 4.68. The maximum atomic E-state index is 5.81. The SMILES string of the molecule is COCc1oc(-c2ccc(Cl)cc2)nc1C. The van der Waals surface area contributed by atoms with Gasteiger partial charge in [0, 0.05) is 17.7 Å². The van der Waals surface area contributed by atoms with E-state index in [1.54, 1.807) is 7.11 Å². The molecule has 3 nitrogen and oxygen atoms in total. The van der Waals surface area contributed by atoms with Crippen molar-refractivity contribution in [1.29, 1.82) is 0 Å². The van der Waals surface area contributed by atoms with Crippen molar-refractivity contribution in [3.63, 3.8) is 0 Å². The van der Waals surface area contributed by atoms with Gasteiger partial charge in [0.05, 0.1) is 5.69 Å². The molecule has 0 unspecified atom stereocenters. The van der Waals surface area contributed by atoms with Crippen LogP contribution in [0.2, 0.25) is 5.02 Å². The second-order valence-corrected chi connectivity index (χ2v) is 3.90. The van der Waals surface area contributed by atoms with Crippen molar-refractivity contribution in [1.82, 2.24) is 4.98 Å². The summed E-state index contributed by atoms with van der Waals surface area (Å²) in [6.45, 7) is 2.34. The molecule has 16 heavy (non-hydrogen) atoms. The summed E-state index contributed by atoms with van der Waals surface area (Å²) in [7, 11) is 1.63. The lowest BCUT2D eigenvalue weighted by Gasteiger charge is -1.95. The minimum Gasteiger partial charge on any atom is -0.438 e. The highest BCUT2D eigenvalue weighted by molar-refractivity contribution is 6.30. The predicted octanol–water partition coefficient (Wildman–Crippen LogP) is 3.45. The van der Waals surface area contributed by atoms with Gasteiger partial charge in [-0.15, -0.1) is 0 Å². The molecule has 1 aromatic carbocycles. The summed E-state index contributed by atoms with van der Waals surface area (Å²) in [6, 6.07) is 7.38. The number of rotatable bonds is 3. The van der Waals surface area contributed by atoms with Crippen LogP contribution in [0.4, 0.5) is 0 Å². The van der Waals surface area contributed by atoms with Gasteiger partial charge in [-0.25, -0.2) is 4.98 Å². The Kier molecular flexibility index (Phi) is 3.27. The van der Waals surface area contributed by atoms with Crippen LogP contribution in [0.1, 0.15) is 11.5 Å². The molecule has 0 radical (unpaired) electrons. The molecule has 0 bridgehead atoms. The summed E-state index contributed by atoms with van der Waals surface area (Å²) in [4.78, 5) is 4.34. The summed E-state index contributed by atoms with van der Waals surface area (Å²) in [5.74, 6) is 1.36. The molecule has 0 saturated heterocycles. The minimum atomic E-state index is 0.437. The van der Waals surface area contributed by atoms with Crippen LogP contribution in [0.5, 0.6) is 0 Å². The third-order valence-electron chi connectivity index (χ3n) is 2.26. The van der Waals surface area contributed by atoms with Gasteiger partial charge >= 0.3 is 0 Å². The Bertz CT molecular complexity index is 476. The lowest BCUT2D eigenvalue weighted by Crippen LogP contribution is -1.86. The number of halogens is 1. The predicted molar refractivity (Wildman–Crippen MR) is 62.4 cm³/mol. The number of hydrogen-bond acceptors (Lipinski definition) is 3. The molecule has 0 aliphatic rings. The van der Waals surface area contributed by atoms with Crippen molar-refractivity contribution < 1.29 is 9.15 Å². The number of aryl methyl sites for hydroxylation is 1. The molecule has 0 spiro atoms. The van der Waals surface area contributed by atoms with Crippen LogP contribution in [0, 0.1) is 6.92 Å². The monoisotopic (exact) mass is 237 g/mol. The fraction of sp³-hybridized carbons (Fsp3) is 0.250. The molecule has 0 aliphatic heterocycles. The Morgan fingerprint density at radius 2 is 2.00 bits per heavy atom. The smallest absolute Gasteiger partial charge is 0.226 e. The number of benzene rings is 1. The Hall–Kier alpha value is -1.32. The maximum Gasteiger partial charge on any atom is 0.226 e. The highest BCUT2D eigenvalue weighted by Gasteiger charge is 2.10. The zero-order chi connectivity index (χ0) is 11.5. The Morgan fingerprint density at radius 1 is 1.31 bits per heavy atom. The third kappa shape index (κ3) is 2.26. The van der Waals surface area contributed by atoms with E-state index in [9.17, 15) is 0 Å². The van der Waals surface area contributed by atoms with Crippen LogP contribution < -0.4 is 0 Å². The van der Waals surface area contributed by atoms with Crippen LogP contribution in [-0.2, 0) is 11.3 Å². The quantitative estimate of drug-likeness (QED) is 0.820. The van der Waals surface area contributed by atoms with Gasteiger partial charge in [0.1, 0.15) is 6.61 Å². The molecule has 0 amide bonds. The van der Waals surface area contributed by atoms with E-state index in [-0.39, 0.29) is 0 Å². The normalized spacial score (nSPS) is 10.7. The molecule has 2 aromatic rings. The number of oxazole rings is 1. The first-order chi connectivity index (χ1) is 7.70. The lowest BCUT2D eigenvalue weighted by molar-refractivity contribution is 0.164. The molecule has 0 atom stereocenters. The van der Waals surface area contributed by atoms with Gasteiger partial charge in [-0.05, 0) is 31.2 Å². The number of methoxy groups -OCH3 is 1. The highest BCUT2D eigenvalue weighted by atomic mass is 35.5. The van der Waals surface area contributed by atoms with Gasteiger partial charge < -0.3 is 9.15 Å². The summed E-state index contributed by atoms with van der Waals surface area (Å²) >= 11 is 5.81. The largest absolute Gasteiger partial charge is 0.438 e. The topological polar surface area (TPSA) is 35.3 Å². The number of aromatic nitrogens is 1. The zero-order valence-electron chi connectivity index (χ0n) is 9.16. The Morgan fingerprint density at radius 3 is 2.62 bits per heavy atom. The van der Waals surface area contributed by atoms with Gasteiger partial charge in [-0.1, -0.05) is 11.6 Å². The fourth-order valence-corrected chi connectivity index (χ4v) is 1.53. The van der Waals surface area contributed by atoms with Gasteiger partial charge in [0.2, 0.25) is 5.89 Å². The maximum absolute atomic E-state index is 5.81. The first kappa shape index (κ1) is 11.2. The van der Waals surface area contributed by atoms with E-state index >= 15 is 0 Å². The summed E-state index contributed by atoms with van der Waals surface area (Å²) < 4.78 is 10.6. The first-order valence-corrected chi connectivity index (χ1v) is 5.29. The van der Waals surface area contributed by atoms with Crippen LogP contribution in [0.25, 0.3) is 11.5 Å². The van der Waals surface area contributed by atoms with Gasteiger partial charge in [-0.3, -0.25) is 0 Å². The van der Waals surface area contributed by atoms with E-state index in [1.165, 1.54) is 0 Å². The van der Waals surface area contributed by atoms with Gasteiger partial charge in [0.25, 0.3) is 0 Å². The van der Waals surface area contributed by atoms with Crippen molar-refractivity contribution in [3.05, 3.63) is 40.7 Å². The standard InChI is InChI=1S/C12H12ClNO2/c1-8-11(7-15-2)16-12(14-8)9-3-5-10(13)6-4-9/h3-6H,7H2,1-2H3. The van der Waals surface area contributed by atoms with E-state index in [4.69, 9.17) is 20.8 Å². The number of nitrogens with zero attached hydrogens (tertiary/aromatic N) is 1. The molecular formula is C12H12ClNO2. The van der Waals surface area contributed by atoms with Crippen molar-refractivity contribution in [3.8, 4) is 11.5 Å². The Balaban J connectivity index is 2.33. The van der Waals surface area contributed by atoms with E-state index in [0.29, 0.717) is 17.5 Å². The molecular weight excluding hydrogens is 226 g/mol. The summed E-state index contributed by atoms with van der Waals surface area (Å²) in [5.41, 5.74) is 1.77. The van der Waals surface area contributed by atoms with E-state index < -0.39 is 0 Å². The molecule has 0 aliphatic carbocycles. The second-order valence-electron chi connectivity index (χ2n) is 3.47.